The minimum Gasteiger partial charge on any atom is -0.311 e. The van der Waals surface area contributed by atoms with E-state index in [2.05, 4.69) is 266 Å². The van der Waals surface area contributed by atoms with Gasteiger partial charge in [0.1, 0.15) is 0 Å². The van der Waals surface area contributed by atoms with Crippen LogP contribution in [0.1, 0.15) is 22.3 Å². The molecule has 1 nitrogen and oxygen atoms in total. The summed E-state index contributed by atoms with van der Waals surface area (Å²) < 4.78 is 0. The number of nitrogens with zero attached hydrogens (tertiary/aromatic N) is 1. The average molecular weight is 790 g/mol. The van der Waals surface area contributed by atoms with Crippen molar-refractivity contribution in [1.29, 1.82) is 0 Å². The van der Waals surface area contributed by atoms with Gasteiger partial charge in [-0.05, 0) is 126 Å². The lowest BCUT2D eigenvalue weighted by molar-refractivity contribution is 0.769. The van der Waals surface area contributed by atoms with Crippen molar-refractivity contribution in [2.45, 2.75) is 5.41 Å². The van der Waals surface area contributed by atoms with Gasteiger partial charge in [0.25, 0.3) is 0 Å². The molecule has 0 aliphatic heterocycles. The van der Waals surface area contributed by atoms with Crippen molar-refractivity contribution in [2.24, 2.45) is 0 Å². The van der Waals surface area contributed by atoms with Gasteiger partial charge in [-0.15, -0.1) is 0 Å². The van der Waals surface area contributed by atoms with Gasteiger partial charge in [-0.1, -0.05) is 212 Å². The van der Waals surface area contributed by atoms with Crippen LogP contribution >= 0.6 is 0 Å². The highest BCUT2D eigenvalue weighted by Crippen LogP contribution is 2.58. The van der Waals surface area contributed by atoms with E-state index in [0.29, 0.717) is 0 Å². The molecule has 0 bridgehead atoms. The molecular weight excluding hydrogens is 747 g/mol. The van der Waals surface area contributed by atoms with E-state index in [1.807, 2.05) is 0 Å². The molecule has 0 saturated carbocycles. The van der Waals surface area contributed by atoms with E-state index in [0.717, 1.165) is 17.1 Å². The van der Waals surface area contributed by atoms with Crippen LogP contribution in [0, 0.1) is 0 Å². The van der Waals surface area contributed by atoms with Gasteiger partial charge >= 0.3 is 0 Å². The predicted octanol–water partition coefficient (Wildman–Crippen LogP) is 16.2. The minimum absolute atomic E-state index is 0.493. The second-order valence-electron chi connectivity index (χ2n) is 16.0. The van der Waals surface area contributed by atoms with Crippen molar-refractivity contribution in [2.75, 3.05) is 4.90 Å². The molecule has 0 N–H and O–H groups in total. The third-order valence-corrected chi connectivity index (χ3v) is 12.6. The molecule has 0 amide bonds. The van der Waals surface area contributed by atoms with E-state index in [-0.39, 0.29) is 0 Å². The van der Waals surface area contributed by atoms with Crippen LogP contribution in [-0.4, -0.2) is 0 Å². The van der Waals surface area contributed by atoms with Gasteiger partial charge in [0.05, 0.1) is 5.41 Å². The summed E-state index contributed by atoms with van der Waals surface area (Å²) in [5.74, 6) is 0. The monoisotopic (exact) mass is 789 g/mol. The smallest absolute Gasteiger partial charge is 0.0713 e. The zero-order valence-electron chi connectivity index (χ0n) is 34.3. The number of fused-ring (bicyclic) bond motifs is 3. The Labute approximate surface area is 364 Å². The summed E-state index contributed by atoms with van der Waals surface area (Å²) in [4.78, 5) is 2.36. The van der Waals surface area contributed by atoms with E-state index in [1.165, 1.54) is 77.9 Å². The highest BCUT2D eigenvalue weighted by molar-refractivity contribution is 5.95. The van der Waals surface area contributed by atoms with Crippen molar-refractivity contribution in [3.8, 4) is 55.6 Å². The number of rotatable bonds is 9. The molecule has 1 aliphatic carbocycles. The van der Waals surface area contributed by atoms with Crippen LogP contribution in [-0.2, 0) is 5.41 Å². The molecule has 0 saturated heterocycles. The third kappa shape index (κ3) is 6.43. The standard InChI is InChI=1S/C61H43N/c1-6-18-44(19-7-1)46-30-36-52(37-31-46)62(53-38-32-47(33-39-53)45-20-8-2-9-21-45)54-40-34-49(35-41-54)57-43-60-58(42-56(57)48-22-10-3-11-23-48)55-28-16-17-29-59(55)61(60,50-24-12-4-13-25-50)51-26-14-5-15-27-51/h1-43H. The average Bonchev–Trinajstić information content (AvgIpc) is 3.66. The second-order valence-corrected chi connectivity index (χ2v) is 16.0. The summed E-state index contributed by atoms with van der Waals surface area (Å²) in [6.07, 6.45) is 0. The molecular formula is C61H43N. The number of anilines is 3. The molecule has 1 heteroatoms. The first-order chi connectivity index (χ1) is 30.8. The zero-order chi connectivity index (χ0) is 41.3. The SMILES string of the molecule is c1ccc(-c2ccc(N(c3ccc(-c4ccccc4)cc3)c3ccc(-c4cc5c(cc4-c4ccccc4)-c4ccccc4C5(c4ccccc4)c4ccccc4)cc3)cc2)cc1. The van der Waals surface area contributed by atoms with E-state index in [9.17, 15) is 0 Å². The Hall–Kier alpha value is -8.00. The predicted molar refractivity (Wildman–Crippen MR) is 260 cm³/mol. The Morgan fingerprint density at radius 3 is 1.03 bits per heavy atom. The van der Waals surface area contributed by atoms with Crippen LogP contribution in [0.4, 0.5) is 17.1 Å². The van der Waals surface area contributed by atoms with Crippen molar-refractivity contribution in [1.82, 2.24) is 0 Å². The first kappa shape index (κ1) is 37.0. The van der Waals surface area contributed by atoms with E-state index < -0.39 is 5.41 Å². The van der Waals surface area contributed by atoms with Gasteiger partial charge in [0.2, 0.25) is 0 Å². The maximum Gasteiger partial charge on any atom is 0.0713 e. The van der Waals surface area contributed by atoms with E-state index in [4.69, 9.17) is 0 Å². The quantitative estimate of drug-likeness (QED) is 0.141. The molecule has 0 aromatic heterocycles. The maximum absolute atomic E-state index is 2.50. The van der Waals surface area contributed by atoms with Crippen LogP contribution in [0.5, 0.6) is 0 Å². The summed E-state index contributed by atoms with van der Waals surface area (Å²) in [6.45, 7) is 0. The lowest BCUT2D eigenvalue weighted by Gasteiger charge is -2.34. The van der Waals surface area contributed by atoms with Gasteiger partial charge in [-0.25, -0.2) is 0 Å². The Morgan fingerprint density at radius 1 is 0.226 bits per heavy atom. The second kappa shape index (κ2) is 15.9. The first-order valence-electron chi connectivity index (χ1n) is 21.4. The molecule has 0 radical (unpaired) electrons. The minimum atomic E-state index is -0.493. The lowest BCUT2D eigenvalue weighted by atomic mass is 9.67. The van der Waals surface area contributed by atoms with Crippen LogP contribution < -0.4 is 4.90 Å². The van der Waals surface area contributed by atoms with Gasteiger partial charge in [-0.3, -0.25) is 0 Å². The Balaban J connectivity index is 1.08. The Kier molecular flexibility index (Phi) is 9.48. The molecule has 10 aromatic carbocycles. The summed E-state index contributed by atoms with van der Waals surface area (Å²) in [5.41, 5.74) is 20.1. The van der Waals surface area contributed by atoms with Crippen LogP contribution in [0.25, 0.3) is 55.6 Å². The highest BCUT2D eigenvalue weighted by atomic mass is 15.1. The fourth-order valence-corrected chi connectivity index (χ4v) is 9.69. The molecule has 0 unspecified atom stereocenters. The Bertz CT molecular complexity index is 2980. The molecule has 0 spiro atoms. The molecule has 10 aromatic rings. The normalized spacial score (nSPS) is 12.3. The largest absolute Gasteiger partial charge is 0.311 e. The number of hydrogen-bond donors (Lipinski definition) is 0. The first-order valence-corrected chi connectivity index (χ1v) is 21.4. The summed E-state index contributed by atoms with van der Waals surface area (Å²) in [5, 5.41) is 0. The summed E-state index contributed by atoms with van der Waals surface area (Å²) in [6, 6.07) is 95.2. The summed E-state index contributed by atoms with van der Waals surface area (Å²) >= 11 is 0. The van der Waals surface area contributed by atoms with Gasteiger partial charge < -0.3 is 4.90 Å². The number of hydrogen-bond acceptors (Lipinski definition) is 1. The number of benzene rings is 10. The molecule has 0 heterocycles. The van der Waals surface area contributed by atoms with Crippen molar-refractivity contribution in [3.63, 3.8) is 0 Å². The van der Waals surface area contributed by atoms with Crippen molar-refractivity contribution < 1.29 is 0 Å². The third-order valence-electron chi connectivity index (χ3n) is 12.6. The fourth-order valence-electron chi connectivity index (χ4n) is 9.69. The van der Waals surface area contributed by atoms with E-state index in [1.54, 1.807) is 0 Å². The van der Waals surface area contributed by atoms with Gasteiger partial charge in [-0.2, -0.15) is 0 Å². The Morgan fingerprint density at radius 2 is 0.565 bits per heavy atom. The van der Waals surface area contributed by atoms with Crippen molar-refractivity contribution >= 4 is 17.1 Å². The maximum atomic E-state index is 2.50. The highest BCUT2D eigenvalue weighted by Gasteiger charge is 2.46. The van der Waals surface area contributed by atoms with Gasteiger partial charge in [0.15, 0.2) is 0 Å². The molecule has 0 fully saturated rings. The van der Waals surface area contributed by atoms with Crippen LogP contribution in [0.2, 0.25) is 0 Å². The lowest BCUT2D eigenvalue weighted by Crippen LogP contribution is -2.28. The molecule has 1 aliphatic rings. The van der Waals surface area contributed by atoms with Crippen molar-refractivity contribution in [3.05, 3.63) is 283 Å². The summed E-state index contributed by atoms with van der Waals surface area (Å²) in [7, 11) is 0. The molecule has 292 valence electrons. The van der Waals surface area contributed by atoms with E-state index >= 15 is 0 Å². The fraction of sp³-hybridized carbons (Fsp3) is 0.0164. The van der Waals surface area contributed by atoms with Gasteiger partial charge in [0, 0.05) is 17.1 Å². The van der Waals surface area contributed by atoms with Crippen LogP contribution in [0.15, 0.2) is 261 Å². The zero-order valence-corrected chi connectivity index (χ0v) is 34.3. The topological polar surface area (TPSA) is 3.24 Å². The molecule has 0 atom stereocenters. The van der Waals surface area contributed by atoms with Crippen LogP contribution in [0.3, 0.4) is 0 Å². The molecule has 11 rings (SSSR count). The molecule has 62 heavy (non-hydrogen) atoms.